The molecular formula is C15H22F3NS. The van der Waals surface area contributed by atoms with Crippen LogP contribution in [0.3, 0.4) is 0 Å². The van der Waals surface area contributed by atoms with Crippen molar-refractivity contribution in [3.05, 3.63) is 35.4 Å². The van der Waals surface area contributed by atoms with Crippen molar-refractivity contribution in [3.63, 3.8) is 0 Å². The molecule has 1 N–H and O–H groups in total. The number of nitrogens with one attached hydrogen (secondary N) is 1. The summed E-state index contributed by atoms with van der Waals surface area (Å²) in [5.74, 6) is 0.777. The minimum absolute atomic E-state index is 0.0374. The van der Waals surface area contributed by atoms with Crippen molar-refractivity contribution >= 4 is 11.8 Å². The summed E-state index contributed by atoms with van der Waals surface area (Å²) in [7, 11) is 0. The van der Waals surface area contributed by atoms with Gasteiger partial charge in [0.15, 0.2) is 0 Å². The third kappa shape index (κ3) is 5.75. The van der Waals surface area contributed by atoms with Gasteiger partial charge in [-0.3, -0.25) is 0 Å². The molecule has 0 aliphatic rings. The van der Waals surface area contributed by atoms with Gasteiger partial charge in [-0.1, -0.05) is 32.9 Å². The maximum atomic E-state index is 12.8. The van der Waals surface area contributed by atoms with E-state index in [1.165, 1.54) is 12.1 Å². The molecule has 1 rings (SSSR count). The first kappa shape index (κ1) is 17.4. The van der Waals surface area contributed by atoms with E-state index in [4.69, 9.17) is 0 Å². The topological polar surface area (TPSA) is 12.0 Å². The normalized spacial score (nSPS) is 13.8. The Morgan fingerprint density at radius 2 is 1.95 bits per heavy atom. The molecule has 5 heteroatoms. The maximum absolute atomic E-state index is 12.8. The summed E-state index contributed by atoms with van der Waals surface area (Å²) in [5.41, 5.74) is 0.134. The van der Waals surface area contributed by atoms with Crippen LogP contribution in [0.1, 0.15) is 44.4 Å². The highest BCUT2D eigenvalue weighted by atomic mass is 32.2. The summed E-state index contributed by atoms with van der Waals surface area (Å²) in [4.78, 5) is 0. The second kappa shape index (κ2) is 7.93. The third-order valence-electron chi connectivity index (χ3n) is 2.85. The van der Waals surface area contributed by atoms with Crippen LogP contribution in [0.25, 0.3) is 0 Å². The van der Waals surface area contributed by atoms with Crippen molar-refractivity contribution in [3.8, 4) is 0 Å². The number of halogens is 3. The standard InChI is InChI=1S/C15H22F3NS/c1-4-8-19-14(10-20-11(2)3)12-6-5-7-13(9-12)15(16,17)18/h5-7,9,11,14,19H,4,8,10H2,1-3H3. The predicted octanol–water partition coefficient (Wildman–Crippen LogP) is 4.89. The van der Waals surface area contributed by atoms with Crippen molar-refractivity contribution in [2.45, 2.75) is 44.7 Å². The first-order valence-corrected chi connectivity index (χ1v) is 7.91. The lowest BCUT2D eigenvalue weighted by atomic mass is 10.0. The van der Waals surface area contributed by atoms with Crippen LogP contribution in [0, 0.1) is 0 Å². The van der Waals surface area contributed by atoms with Crippen LogP contribution in [0.5, 0.6) is 0 Å². The van der Waals surface area contributed by atoms with Gasteiger partial charge < -0.3 is 5.32 Å². The van der Waals surface area contributed by atoms with Crippen LogP contribution in [-0.4, -0.2) is 17.5 Å². The predicted molar refractivity (Wildman–Crippen MR) is 80.1 cm³/mol. The van der Waals surface area contributed by atoms with Gasteiger partial charge in [-0.25, -0.2) is 0 Å². The molecule has 114 valence electrons. The van der Waals surface area contributed by atoms with Crippen molar-refractivity contribution in [1.82, 2.24) is 5.32 Å². The molecule has 1 aromatic rings. The summed E-state index contributed by atoms with van der Waals surface area (Å²) in [6, 6.07) is 5.59. The Bertz CT molecular complexity index is 404. The van der Waals surface area contributed by atoms with Crippen LogP contribution in [0.4, 0.5) is 13.2 Å². The van der Waals surface area contributed by atoms with E-state index in [-0.39, 0.29) is 6.04 Å². The van der Waals surface area contributed by atoms with Crippen LogP contribution < -0.4 is 5.32 Å². The smallest absolute Gasteiger partial charge is 0.309 e. The quantitative estimate of drug-likeness (QED) is 0.770. The fourth-order valence-electron chi connectivity index (χ4n) is 1.81. The number of alkyl halides is 3. The summed E-state index contributed by atoms with van der Waals surface area (Å²) >= 11 is 1.75. The Balaban J connectivity index is 2.88. The molecule has 20 heavy (non-hydrogen) atoms. The van der Waals surface area contributed by atoms with Gasteiger partial charge >= 0.3 is 6.18 Å². The summed E-state index contributed by atoms with van der Waals surface area (Å²) in [5, 5.41) is 3.80. The van der Waals surface area contributed by atoms with E-state index in [9.17, 15) is 13.2 Å². The number of hydrogen-bond acceptors (Lipinski definition) is 2. The molecule has 0 saturated heterocycles. The lowest BCUT2D eigenvalue weighted by molar-refractivity contribution is -0.137. The molecule has 0 aromatic heterocycles. The Labute approximate surface area is 123 Å². The van der Waals surface area contributed by atoms with Gasteiger partial charge in [-0.15, -0.1) is 0 Å². The molecule has 0 bridgehead atoms. The molecule has 0 spiro atoms. The highest BCUT2D eigenvalue weighted by Gasteiger charge is 2.30. The van der Waals surface area contributed by atoms with E-state index < -0.39 is 11.7 Å². The first-order chi connectivity index (χ1) is 9.34. The number of benzene rings is 1. The van der Waals surface area contributed by atoms with Gasteiger partial charge in [-0.05, 0) is 35.9 Å². The summed E-state index contributed by atoms with van der Waals surface area (Å²) in [6.07, 6.45) is -3.32. The lowest BCUT2D eigenvalue weighted by Gasteiger charge is -2.21. The van der Waals surface area contributed by atoms with Crippen molar-refractivity contribution in [2.75, 3.05) is 12.3 Å². The van der Waals surface area contributed by atoms with Crippen LogP contribution >= 0.6 is 11.8 Å². The second-order valence-electron chi connectivity index (χ2n) is 5.01. The average molecular weight is 305 g/mol. The average Bonchev–Trinajstić information content (AvgIpc) is 2.38. The Kier molecular flexibility index (Phi) is 6.89. The third-order valence-corrected chi connectivity index (χ3v) is 4.05. The van der Waals surface area contributed by atoms with E-state index in [1.807, 2.05) is 6.92 Å². The van der Waals surface area contributed by atoms with Crippen LogP contribution in [0.2, 0.25) is 0 Å². The largest absolute Gasteiger partial charge is 0.416 e. The SMILES string of the molecule is CCCNC(CSC(C)C)c1cccc(C(F)(F)F)c1. The molecule has 1 unspecified atom stereocenters. The summed E-state index contributed by atoms with van der Waals surface area (Å²) < 4.78 is 38.3. The monoisotopic (exact) mass is 305 g/mol. The molecule has 0 fully saturated rings. The van der Waals surface area contributed by atoms with Gasteiger partial charge in [0.05, 0.1) is 5.56 Å². The summed E-state index contributed by atoms with van der Waals surface area (Å²) in [6.45, 7) is 7.03. The Morgan fingerprint density at radius 1 is 1.25 bits per heavy atom. The molecule has 0 amide bonds. The van der Waals surface area contributed by atoms with Crippen LogP contribution in [0.15, 0.2) is 24.3 Å². The van der Waals surface area contributed by atoms with Gasteiger partial charge in [0.2, 0.25) is 0 Å². The fourth-order valence-corrected chi connectivity index (χ4v) is 2.70. The number of rotatable bonds is 7. The molecule has 1 atom stereocenters. The van der Waals surface area contributed by atoms with E-state index in [0.717, 1.165) is 24.8 Å². The molecule has 1 nitrogen and oxygen atoms in total. The zero-order valence-electron chi connectivity index (χ0n) is 12.1. The van der Waals surface area contributed by atoms with E-state index in [1.54, 1.807) is 17.8 Å². The Hall–Kier alpha value is -0.680. The molecule has 0 heterocycles. The Morgan fingerprint density at radius 3 is 2.50 bits per heavy atom. The number of hydrogen-bond donors (Lipinski definition) is 1. The highest BCUT2D eigenvalue weighted by Crippen LogP contribution is 2.31. The number of thioether (sulfide) groups is 1. The zero-order chi connectivity index (χ0) is 15.2. The van der Waals surface area contributed by atoms with E-state index in [0.29, 0.717) is 10.8 Å². The molecular weight excluding hydrogens is 283 g/mol. The van der Waals surface area contributed by atoms with E-state index >= 15 is 0 Å². The highest BCUT2D eigenvalue weighted by molar-refractivity contribution is 7.99. The van der Waals surface area contributed by atoms with Crippen molar-refractivity contribution < 1.29 is 13.2 Å². The maximum Gasteiger partial charge on any atom is 0.416 e. The van der Waals surface area contributed by atoms with Crippen LogP contribution in [-0.2, 0) is 6.18 Å². The van der Waals surface area contributed by atoms with Crippen molar-refractivity contribution in [2.24, 2.45) is 0 Å². The van der Waals surface area contributed by atoms with Gasteiger partial charge in [0, 0.05) is 11.8 Å². The van der Waals surface area contributed by atoms with Crippen molar-refractivity contribution in [1.29, 1.82) is 0 Å². The minimum atomic E-state index is -4.28. The lowest BCUT2D eigenvalue weighted by Crippen LogP contribution is -2.25. The molecule has 0 aliphatic heterocycles. The zero-order valence-corrected chi connectivity index (χ0v) is 12.9. The van der Waals surface area contributed by atoms with E-state index in [2.05, 4.69) is 19.2 Å². The molecule has 1 aromatic carbocycles. The van der Waals surface area contributed by atoms with Gasteiger partial charge in [0.1, 0.15) is 0 Å². The molecule has 0 radical (unpaired) electrons. The molecule has 0 saturated carbocycles. The first-order valence-electron chi connectivity index (χ1n) is 6.86. The fraction of sp³-hybridized carbons (Fsp3) is 0.600. The molecule has 0 aliphatic carbocycles. The minimum Gasteiger partial charge on any atom is -0.309 e. The second-order valence-corrected chi connectivity index (χ2v) is 6.62. The van der Waals surface area contributed by atoms with Gasteiger partial charge in [-0.2, -0.15) is 24.9 Å². The van der Waals surface area contributed by atoms with Gasteiger partial charge in [0.25, 0.3) is 0 Å².